The van der Waals surface area contributed by atoms with Gasteiger partial charge in [0.2, 0.25) is 0 Å². The highest BCUT2D eigenvalue weighted by molar-refractivity contribution is 5.35. The predicted octanol–water partition coefficient (Wildman–Crippen LogP) is 4.32. The van der Waals surface area contributed by atoms with Gasteiger partial charge in [0.15, 0.2) is 0 Å². The van der Waals surface area contributed by atoms with Crippen LogP contribution in [0.5, 0.6) is 0 Å². The van der Waals surface area contributed by atoms with Gasteiger partial charge in [0.1, 0.15) is 0 Å². The fourth-order valence-electron chi connectivity index (χ4n) is 1.84. The first kappa shape index (κ1) is 14.8. The van der Waals surface area contributed by atoms with Gasteiger partial charge < -0.3 is 5.32 Å². The summed E-state index contributed by atoms with van der Waals surface area (Å²) >= 11 is 0. The molecule has 0 saturated carbocycles. The van der Waals surface area contributed by atoms with E-state index in [4.69, 9.17) is 0 Å². The monoisotopic (exact) mass is 257 g/mol. The van der Waals surface area contributed by atoms with Gasteiger partial charge in [-0.15, -0.1) is 0 Å². The first-order valence-corrected chi connectivity index (χ1v) is 5.90. The number of rotatable bonds is 4. The Morgan fingerprint density at radius 1 is 1.28 bits per heavy atom. The number of alkyl halides is 3. The van der Waals surface area contributed by atoms with Crippen molar-refractivity contribution in [3.05, 3.63) is 47.0 Å². The third kappa shape index (κ3) is 3.88. The Morgan fingerprint density at radius 2 is 1.89 bits per heavy atom. The molecular formula is C14H18F3N. The summed E-state index contributed by atoms with van der Waals surface area (Å²) in [4.78, 5) is 0. The van der Waals surface area contributed by atoms with Gasteiger partial charge in [-0.2, -0.15) is 13.2 Å². The molecule has 1 nitrogen and oxygen atoms in total. The van der Waals surface area contributed by atoms with E-state index in [0.29, 0.717) is 6.54 Å². The Morgan fingerprint density at radius 3 is 2.39 bits per heavy atom. The van der Waals surface area contributed by atoms with Crippen LogP contribution in [0, 0.1) is 0 Å². The molecule has 4 heteroatoms. The third-order valence-corrected chi connectivity index (χ3v) is 2.53. The number of hydrogen-bond donors (Lipinski definition) is 1. The van der Waals surface area contributed by atoms with Crippen LogP contribution in [0.15, 0.2) is 35.9 Å². The summed E-state index contributed by atoms with van der Waals surface area (Å²) in [6, 6.07) is 5.29. The van der Waals surface area contributed by atoms with Crippen molar-refractivity contribution in [3.8, 4) is 0 Å². The summed E-state index contributed by atoms with van der Waals surface area (Å²) in [5.74, 6) is 0. The van der Waals surface area contributed by atoms with Crippen LogP contribution in [0.3, 0.4) is 0 Å². The Labute approximate surface area is 106 Å². The van der Waals surface area contributed by atoms with Crippen molar-refractivity contribution in [2.45, 2.75) is 33.0 Å². The minimum atomic E-state index is -4.32. The molecule has 0 aliphatic rings. The maximum Gasteiger partial charge on any atom is 0.416 e. The molecule has 1 atom stereocenters. The van der Waals surface area contributed by atoms with Crippen molar-refractivity contribution in [1.82, 2.24) is 5.32 Å². The summed E-state index contributed by atoms with van der Waals surface area (Å²) in [5, 5.41) is 3.07. The second kappa shape index (κ2) is 6.05. The molecule has 0 aliphatic carbocycles. The van der Waals surface area contributed by atoms with Gasteiger partial charge in [-0.05, 0) is 32.0 Å². The fourth-order valence-corrected chi connectivity index (χ4v) is 1.84. The highest BCUT2D eigenvalue weighted by atomic mass is 19.4. The largest absolute Gasteiger partial charge is 0.416 e. The van der Waals surface area contributed by atoms with Gasteiger partial charge in [0.05, 0.1) is 11.6 Å². The number of benzene rings is 1. The Hall–Kier alpha value is -1.29. The quantitative estimate of drug-likeness (QED) is 0.792. The molecule has 1 unspecified atom stereocenters. The van der Waals surface area contributed by atoms with E-state index in [-0.39, 0.29) is 5.56 Å². The molecule has 0 radical (unpaired) electrons. The number of allylic oxidation sites excluding steroid dienone is 1. The summed E-state index contributed by atoms with van der Waals surface area (Å²) in [7, 11) is 0. The zero-order valence-corrected chi connectivity index (χ0v) is 10.8. The van der Waals surface area contributed by atoms with Crippen LogP contribution in [0.4, 0.5) is 13.2 Å². The molecular weight excluding hydrogens is 239 g/mol. The van der Waals surface area contributed by atoms with E-state index < -0.39 is 17.8 Å². The lowest BCUT2D eigenvalue weighted by molar-refractivity contribution is -0.138. The summed E-state index contributed by atoms with van der Waals surface area (Å²) in [6.45, 7) is 6.24. The highest BCUT2D eigenvalue weighted by Crippen LogP contribution is 2.35. The molecule has 1 rings (SSSR count). The molecule has 0 aromatic heterocycles. The molecule has 0 amide bonds. The lowest BCUT2D eigenvalue weighted by atomic mass is 9.98. The molecule has 1 aromatic carbocycles. The molecule has 0 spiro atoms. The first-order chi connectivity index (χ1) is 8.36. The van der Waals surface area contributed by atoms with Crippen molar-refractivity contribution < 1.29 is 13.2 Å². The van der Waals surface area contributed by atoms with Crippen molar-refractivity contribution in [1.29, 1.82) is 0 Å². The molecule has 1 N–H and O–H groups in total. The standard InChI is InChI=1S/C14H18F3N/c1-4-18-13(9-10(2)3)11-7-5-6-8-12(11)14(15,16)17/h5-9,13,18H,4H2,1-3H3. The molecule has 18 heavy (non-hydrogen) atoms. The maximum absolute atomic E-state index is 12.9. The lowest BCUT2D eigenvalue weighted by Gasteiger charge is -2.20. The van der Waals surface area contributed by atoms with Crippen LogP contribution in [0.1, 0.15) is 37.9 Å². The van der Waals surface area contributed by atoms with E-state index >= 15 is 0 Å². The molecule has 100 valence electrons. The van der Waals surface area contributed by atoms with Gasteiger partial charge in [0.25, 0.3) is 0 Å². The van der Waals surface area contributed by atoms with Crippen LogP contribution in [0.2, 0.25) is 0 Å². The predicted molar refractivity (Wildman–Crippen MR) is 67.3 cm³/mol. The molecule has 0 saturated heterocycles. The molecule has 0 bridgehead atoms. The van der Waals surface area contributed by atoms with Gasteiger partial charge in [0, 0.05) is 0 Å². The van der Waals surface area contributed by atoms with Crippen LogP contribution < -0.4 is 5.32 Å². The molecule has 0 heterocycles. The average molecular weight is 257 g/mol. The van der Waals surface area contributed by atoms with E-state index in [1.54, 1.807) is 6.07 Å². The zero-order chi connectivity index (χ0) is 13.8. The van der Waals surface area contributed by atoms with Crippen LogP contribution in [-0.2, 0) is 6.18 Å². The minimum Gasteiger partial charge on any atom is -0.307 e. The maximum atomic E-state index is 12.9. The summed E-state index contributed by atoms with van der Waals surface area (Å²) < 4.78 is 38.8. The third-order valence-electron chi connectivity index (χ3n) is 2.53. The Balaban J connectivity index is 3.24. The van der Waals surface area contributed by atoms with Gasteiger partial charge in [-0.1, -0.05) is 36.8 Å². The van der Waals surface area contributed by atoms with Crippen LogP contribution in [-0.4, -0.2) is 6.54 Å². The van der Waals surface area contributed by atoms with E-state index in [1.807, 2.05) is 26.8 Å². The van der Waals surface area contributed by atoms with Crippen molar-refractivity contribution in [2.24, 2.45) is 0 Å². The second-order valence-electron chi connectivity index (χ2n) is 4.36. The average Bonchev–Trinajstić information content (AvgIpc) is 2.27. The number of nitrogens with one attached hydrogen (secondary N) is 1. The van der Waals surface area contributed by atoms with Crippen molar-refractivity contribution in [3.63, 3.8) is 0 Å². The number of likely N-dealkylation sites (N-methyl/N-ethyl adjacent to an activating group) is 1. The zero-order valence-electron chi connectivity index (χ0n) is 10.8. The molecule has 0 fully saturated rings. The minimum absolute atomic E-state index is 0.271. The van der Waals surface area contributed by atoms with Crippen molar-refractivity contribution in [2.75, 3.05) is 6.54 Å². The molecule has 1 aromatic rings. The van der Waals surface area contributed by atoms with E-state index in [1.165, 1.54) is 12.1 Å². The summed E-state index contributed by atoms with van der Waals surface area (Å²) in [5.41, 5.74) is 0.680. The van der Waals surface area contributed by atoms with Gasteiger partial charge in [-0.3, -0.25) is 0 Å². The SMILES string of the molecule is CCNC(C=C(C)C)c1ccccc1C(F)(F)F. The Bertz CT molecular complexity index is 417. The number of hydrogen-bond acceptors (Lipinski definition) is 1. The normalized spacial score (nSPS) is 13.2. The van der Waals surface area contributed by atoms with Gasteiger partial charge >= 0.3 is 6.18 Å². The van der Waals surface area contributed by atoms with E-state index in [9.17, 15) is 13.2 Å². The van der Waals surface area contributed by atoms with Crippen molar-refractivity contribution >= 4 is 0 Å². The lowest BCUT2D eigenvalue weighted by Crippen LogP contribution is -2.22. The fraction of sp³-hybridized carbons (Fsp3) is 0.429. The van der Waals surface area contributed by atoms with E-state index in [0.717, 1.165) is 11.6 Å². The van der Waals surface area contributed by atoms with Gasteiger partial charge in [-0.25, -0.2) is 0 Å². The smallest absolute Gasteiger partial charge is 0.307 e. The topological polar surface area (TPSA) is 12.0 Å². The van der Waals surface area contributed by atoms with Crippen LogP contribution in [0.25, 0.3) is 0 Å². The Kier molecular flexibility index (Phi) is 4.96. The molecule has 0 aliphatic heterocycles. The van der Waals surface area contributed by atoms with E-state index in [2.05, 4.69) is 5.32 Å². The van der Waals surface area contributed by atoms with Crippen LogP contribution >= 0.6 is 0 Å². The second-order valence-corrected chi connectivity index (χ2v) is 4.36. The summed E-state index contributed by atoms with van der Waals surface area (Å²) in [6.07, 6.45) is -2.51. The number of halogens is 3. The highest BCUT2D eigenvalue weighted by Gasteiger charge is 2.34. The first-order valence-electron chi connectivity index (χ1n) is 5.90.